The number of carbonyl (C=O) groups excluding carboxylic acids is 1. The Kier molecular flexibility index (Phi) is 9.05. The average Bonchev–Trinajstić information content (AvgIpc) is 3.72. The highest BCUT2D eigenvalue weighted by Crippen LogP contribution is 2.47. The van der Waals surface area contributed by atoms with E-state index in [0.717, 1.165) is 24.0 Å². The van der Waals surface area contributed by atoms with Gasteiger partial charge >= 0.3 is 0 Å². The summed E-state index contributed by atoms with van der Waals surface area (Å²) in [6, 6.07) is 16.6. The summed E-state index contributed by atoms with van der Waals surface area (Å²) in [6.07, 6.45) is 5.11. The fourth-order valence-corrected chi connectivity index (χ4v) is 8.08. The summed E-state index contributed by atoms with van der Waals surface area (Å²) >= 11 is 0. The third-order valence-electron chi connectivity index (χ3n) is 8.24. The van der Waals surface area contributed by atoms with Crippen molar-refractivity contribution in [2.45, 2.75) is 56.2 Å². The highest BCUT2D eigenvalue weighted by molar-refractivity contribution is 7.92. The molecule has 1 aliphatic carbocycles. The maximum Gasteiger partial charge on any atom is 0.243 e. The third kappa shape index (κ3) is 7.47. The van der Waals surface area contributed by atoms with Crippen LogP contribution in [0.4, 0.5) is 5.69 Å². The van der Waals surface area contributed by atoms with Crippen LogP contribution in [0, 0.1) is 0 Å². The Balaban J connectivity index is 1.24. The molecule has 1 saturated heterocycles. The summed E-state index contributed by atoms with van der Waals surface area (Å²) in [6.45, 7) is 1.94. The second-order valence-corrected chi connectivity index (χ2v) is 15.2. The van der Waals surface area contributed by atoms with Crippen LogP contribution in [0.2, 0.25) is 0 Å². The van der Waals surface area contributed by atoms with Gasteiger partial charge in [0.05, 0.1) is 30.9 Å². The van der Waals surface area contributed by atoms with Crippen molar-refractivity contribution in [1.29, 1.82) is 0 Å². The van der Waals surface area contributed by atoms with Gasteiger partial charge in [-0.25, -0.2) is 21.6 Å². The minimum Gasteiger partial charge on any atom is -0.375 e. The van der Waals surface area contributed by atoms with Crippen molar-refractivity contribution in [3.8, 4) is 0 Å². The molecule has 1 amide bonds. The molecule has 2 aromatic carbocycles. The van der Waals surface area contributed by atoms with Crippen molar-refractivity contribution < 1.29 is 26.4 Å². The number of benzene rings is 2. The molecule has 0 radical (unpaired) electrons. The van der Waals surface area contributed by atoms with Gasteiger partial charge in [0.25, 0.3) is 0 Å². The molecule has 0 aromatic heterocycles. The SMILES string of the molecule is CS(=O)(=O)N1CC2(CCN(C(=O)[C@@H](COCc3ccccc3)NS(=O)(=O)CCCNC3CC3)CC2)c2ccccc21. The fourth-order valence-electron chi connectivity index (χ4n) is 5.84. The lowest BCUT2D eigenvalue weighted by molar-refractivity contribution is -0.136. The van der Waals surface area contributed by atoms with Gasteiger partial charge in [-0.05, 0) is 55.8 Å². The van der Waals surface area contributed by atoms with Gasteiger partial charge < -0.3 is 15.0 Å². The molecule has 0 unspecified atom stereocenters. The first-order chi connectivity index (χ1) is 19.6. The second kappa shape index (κ2) is 12.4. The lowest BCUT2D eigenvalue weighted by Gasteiger charge is -2.40. The lowest BCUT2D eigenvalue weighted by Crippen LogP contribution is -2.55. The van der Waals surface area contributed by atoms with Crippen LogP contribution in [0.15, 0.2) is 54.6 Å². The summed E-state index contributed by atoms with van der Waals surface area (Å²) < 4.78 is 60.9. The van der Waals surface area contributed by atoms with E-state index in [1.54, 1.807) is 4.90 Å². The normalized spacial score (nSPS) is 19.3. The topological polar surface area (TPSA) is 125 Å². The molecule has 1 saturated carbocycles. The molecule has 2 aromatic rings. The molecule has 1 atom stereocenters. The molecule has 3 aliphatic rings. The van der Waals surface area contributed by atoms with Crippen LogP contribution in [0.25, 0.3) is 0 Å². The van der Waals surface area contributed by atoms with Crippen LogP contribution < -0.4 is 14.3 Å². The van der Waals surface area contributed by atoms with Gasteiger partial charge in [-0.1, -0.05) is 48.5 Å². The predicted octanol–water partition coefficient (Wildman–Crippen LogP) is 1.97. The molecule has 5 rings (SSSR count). The van der Waals surface area contributed by atoms with Crippen molar-refractivity contribution in [3.05, 3.63) is 65.7 Å². The monoisotopic (exact) mass is 604 g/mol. The van der Waals surface area contributed by atoms with E-state index in [2.05, 4.69) is 10.0 Å². The number of amides is 1. The maximum atomic E-state index is 13.7. The number of likely N-dealkylation sites (tertiary alicyclic amines) is 1. The van der Waals surface area contributed by atoms with E-state index in [0.29, 0.717) is 57.2 Å². The molecule has 2 heterocycles. The smallest absolute Gasteiger partial charge is 0.243 e. The van der Waals surface area contributed by atoms with Gasteiger partial charge in [0.2, 0.25) is 26.0 Å². The Morgan fingerprint density at radius 3 is 2.39 bits per heavy atom. The van der Waals surface area contributed by atoms with Gasteiger partial charge in [-0.3, -0.25) is 9.10 Å². The van der Waals surface area contributed by atoms with E-state index >= 15 is 0 Å². The van der Waals surface area contributed by atoms with Crippen molar-refractivity contribution in [1.82, 2.24) is 14.9 Å². The first-order valence-electron chi connectivity index (χ1n) is 14.3. The van der Waals surface area contributed by atoms with Gasteiger partial charge in [-0.2, -0.15) is 0 Å². The van der Waals surface area contributed by atoms with Gasteiger partial charge in [-0.15, -0.1) is 0 Å². The predicted molar refractivity (Wildman–Crippen MR) is 159 cm³/mol. The molecular weight excluding hydrogens is 564 g/mol. The average molecular weight is 605 g/mol. The van der Waals surface area contributed by atoms with Crippen LogP contribution in [-0.2, 0) is 41.6 Å². The Labute approximate surface area is 243 Å². The number of rotatable bonds is 13. The quantitative estimate of drug-likeness (QED) is 0.335. The fraction of sp³-hybridized carbons (Fsp3) is 0.552. The Hall–Kier alpha value is -2.51. The van der Waals surface area contributed by atoms with Crippen LogP contribution in [0.5, 0.6) is 0 Å². The Morgan fingerprint density at radius 1 is 1.02 bits per heavy atom. The zero-order valence-corrected chi connectivity index (χ0v) is 25.1. The number of sulfonamides is 2. The molecular formula is C29H40N4O6S2. The minimum atomic E-state index is -3.71. The highest BCUT2D eigenvalue weighted by Gasteiger charge is 2.48. The highest BCUT2D eigenvalue weighted by atomic mass is 32.2. The Bertz CT molecular complexity index is 1420. The zero-order chi connectivity index (χ0) is 29.1. The number of hydrogen-bond donors (Lipinski definition) is 2. The number of para-hydroxylation sites is 1. The lowest BCUT2D eigenvalue weighted by atomic mass is 9.74. The van der Waals surface area contributed by atoms with Crippen LogP contribution in [0.1, 0.15) is 43.2 Å². The van der Waals surface area contributed by atoms with E-state index in [9.17, 15) is 21.6 Å². The van der Waals surface area contributed by atoms with E-state index in [1.807, 2.05) is 54.6 Å². The summed E-state index contributed by atoms with van der Waals surface area (Å²) in [5, 5.41) is 3.32. The molecule has 41 heavy (non-hydrogen) atoms. The molecule has 2 fully saturated rings. The minimum absolute atomic E-state index is 0.0730. The summed E-state index contributed by atoms with van der Waals surface area (Å²) in [4.78, 5) is 15.4. The van der Waals surface area contributed by atoms with E-state index in [-0.39, 0.29) is 30.3 Å². The van der Waals surface area contributed by atoms with Gasteiger partial charge in [0.15, 0.2) is 0 Å². The number of nitrogens with zero attached hydrogens (tertiary/aromatic N) is 2. The molecule has 2 N–H and O–H groups in total. The van der Waals surface area contributed by atoms with Crippen LogP contribution in [0.3, 0.4) is 0 Å². The van der Waals surface area contributed by atoms with Crippen LogP contribution >= 0.6 is 0 Å². The van der Waals surface area contributed by atoms with E-state index in [4.69, 9.17) is 4.74 Å². The Morgan fingerprint density at radius 2 is 1.71 bits per heavy atom. The number of nitrogens with one attached hydrogen (secondary N) is 2. The largest absolute Gasteiger partial charge is 0.375 e. The van der Waals surface area contributed by atoms with E-state index < -0.39 is 26.1 Å². The number of hydrogen-bond acceptors (Lipinski definition) is 7. The van der Waals surface area contributed by atoms with Crippen molar-refractivity contribution in [2.24, 2.45) is 0 Å². The maximum absolute atomic E-state index is 13.7. The number of anilines is 1. The number of carbonyl (C=O) groups is 1. The molecule has 224 valence electrons. The number of fused-ring (bicyclic) bond motifs is 2. The summed E-state index contributed by atoms with van der Waals surface area (Å²) in [5.41, 5.74) is 2.23. The standard InChI is InChI=1S/C29H40N4O6S2/c1-40(35,36)33-22-29(25-10-5-6-11-27(25)33)14-17-32(18-15-29)28(34)26(21-39-20-23-8-3-2-4-9-23)31-41(37,38)19-7-16-30-24-12-13-24/h2-6,8-11,24,26,30-31H,7,12-22H2,1H3/t26-/m1/s1. The first-order valence-corrected chi connectivity index (χ1v) is 17.8. The van der Waals surface area contributed by atoms with Crippen molar-refractivity contribution >= 4 is 31.6 Å². The molecule has 0 bridgehead atoms. The summed E-state index contributed by atoms with van der Waals surface area (Å²) in [5.74, 6) is -0.394. The zero-order valence-electron chi connectivity index (χ0n) is 23.5. The van der Waals surface area contributed by atoms with Gasteiger partial charge in [0.1, 0.15) is 6.04 Å². The van der Waals surface area contributed by atoms with Crippen molar-refractivity contribution in [3.63, 3.8) is 0 Å². The molecule has 1 spiro atoms. The first kappa shape index (κ1) is 30.0. The van der Waals surface area contributed by atoms with Crippen molar-refractivity contribution in [2.75, 3.05) is 49.1 Å². The number of ether oxygens (including phenoxy) is 1. The van der Waals surface area contributed by atoms with E-state index in [1.165, 1.54) is 10.6 Å². The molecule has 12 heteroatoms. The molecule has 2 aliphatic heterocycles. The molecule has 10 nitrogen and oxygen atoms in total. The second-order valence-electron chi connectivity index (χ2n) is 11.5. The van der Waals surface area contributed by atoms with Crippen LogP contribution in [-0.4, -0.2) is 84.5 Å². The summed E-state index contributed by atoms with van der Waals surface area (Å²) in [7, 11) is -7.16. The number of piperidine rings is 1. The van der Waals surface area contributed by atoms with Gasteiger partial charge in [0, 0.05) is 31.1 Å². The third-order valence-corrected chi connectivity index (χ3v) is 10.8.